The smallest absolute Gasteiger partial charge is 0.464 e. The summed E-state index contributed by atoms with van der Waals surface area (Å²) >= 11 is 0. The predicted octanol–water partition coefficient (Wildman–Crippen LogP) is 5.90. The Morgan fingerprint density at radius 1 is 1.02 bits per heavy atom. The molecule has 1 heterocycles. The van der Waals surface area contributed by atoms with Crippen LogP contribution in [0.2, 0.25) is 0 Å². The van der Waals surface area contributed by atoms with Crippen LogP contribution in [-0.4, -0.2) is 46.9 Å². The zero-order valence-corrected chi connectivity index (χ0v) is 23.9. The van der Waals surface area contributed by atoms with Crippen LogP contribution in [0.1, 0.15) is 92.1 Å². The summed E-state index contributed by atoms with van der Waals surface area (Å²) in [6.45, 7) is 8.16. The van der Waals surface area contributed by atoms with Crippen LogP contribution in [0.4, 0.5) is 13.2 Å². The van der Waals surface area contributed by atoms with Crippen molar-refractivity contribution < 1.29 is 37.0 Å². The number of ether oxygens (including phenoxy) is 2. The average molecular weight is 578 g/mol. The van der Waals surface area contributed by atoms with Crippen LogP contribution in [0.3, 0.4) is 0 Å². The molecule has 0 spiro atoms. The van der Waals surface area contributed by atoms with Gasteiger partial charge in [0, 0.05) is 53.5 Å². The lowest BCUT2D eigenvalue weighted by atomic mass is 9.89. The standard InChI is InChI=1S/C30H38F3N3O5/c1-18-25(28(39)34-22-13-23(14-22)40-17-37)15-26(36(18)16-19-8-6-5-7-9-19)20-10-21(27(38)35-29(2,3)4)12-24(11-20)41-30(31,32)33/h10-12,15,17,19,22-23H,5-9,13-14,16H2,1-4H3,(H,34,39)(H,35,38). The number of halogens is 3. The summed E-state index contributed by atoms with van der Waals surface area (Å²) in [5, 5.41) is 5.76. The fraction of sp³-hybridized carbons (Fsp3) is 0.567. The molecule has 2 saturated carbocycles. The molecule has 41 heavy (non-hydrogen) atoms. The first kappa shape index (κ1) is 30.5. The van der Waals surface area contributed by atoms with Crippen LogP contribution in [0.25, 0.3) is 11.3 Å². The largest absolute Gasteiger partial charge is 0.573 e. The van der Waals surface area contributed by atoms with Crippen LogP contribution in [0.15, 0.2) is 24.3 Å². The first-order chi connectivity index (χ1) is 19.2. The Kier molecular flexibility index (Phi) is 9.03. The van der Waals surface area contributed by atoms with E-state index in [1.165, 1.54) is 18.6 Å². The van der Waals surface area contributed by atoms with Gasteiger partial charge in [-0.1, -0.05) is 19.3 Å². The van der Waals surface area contributed by atoms with Crippen molar-refractivity contribution in [3.8, 4) is 17.0 Å². The maximum Gasteiger partial charge on any atom is 0.573 e. The number of rotatable bonds is 9. The van der Waals surface area contributed by atoms with Gasteiger partial charge in [0.2, 0.25) is 0 Å². The quantitative estimate of drug-likeness (QED) is 0.362. The zero-order chi connectivity index (χ0) is 29.9. The topological polar surface area (TPSA) is 98.7 Å². The monoisotopic (exact) mass is 577 g/mol. The number of hydrogen-bond acceptors (Lipinski definition) is 5. The third-order valence-corrected chi connectivity index (χ3v) is 7.64. The van der Waals surface area contributed by atoms with Crippen molar-refractivity contribution in [2.75, 3.05) is 0 Å². The van der Waals surface area contributed by atoms with Crippen molar-refractivity contribution in [1.29, 1.82) is 0 Å². The van der Waals surface area contributed by atoms with Crippen LogP contribution in [0.5, 0.6) is 5.75 Å². The SMILES string of the molecule is Cc1c(C(=O)NC2CC(OC=O)C2)cc(-c2cc(OC(F)(F)F)cc(C(=O)NC(C)(C)C)c2)n1CC1CCCCC1. The van der Waals surface area contributed by atoms with Crippen molar-refractivity contribution in [2.45, 2.75) is 103 Å². The molecule has 2 aliphatic carbocycles. The Hall–Kier alpha value is -3.50. The number of hydrogen-bond donors (Lipinski definition) is 2. The van der Waals surface area contributed by atoms with E-state index in [4.69, 9.17) is 4.74 Å². The number of nitrogens with zero attached hydrogens (tertiary/aromatic N) is 1. The molecule has 0 atom stereocenters. The fourth-order valence-corrected chi connectivity index (χ4v) is 5.60. The Morgan fingerprint density at radius 3 is 2.32 bits per heavy atom. The third kappa shape index (κ3) is 8.04. The molecule has 4 rings (SSSR count). The van der Waals surface area contributed by atoms with Gasteiger partial charge in [0.05, 0.1) is 5.56 Å². The highest BCUT2D eigenvalue weighted by molar-refractivity contribution is 5.98. The Bertz CT molecular complexity index is 1270. The summed E-state index contributed by atoms with van der Waals surface area (Å²) in [6, 6.07) is 5.38. The van der Waals surface area contributed by atoms with Crippen molar-refractivity contribution >= 4 is 18.3 Å². The van der Waals surface area contributed by atoms with E-state index < -0.39 is 23.6 Å². The van der Waals surface area contributed by atoms with E-state index in [1.807, 2.05) is 11.5 Å². The maximum absolute atomic E-state index is 13.3. The van der Waals surface area contributed by atoms with Gasteiger partial charge >= 0.3 is 6.36 Å². The van der Waals surface area contributed by atoms with Gasteiger partial charge in [0.15, 0.2) is 0 Å². The average Bonchev–Trinajstić information content (AvgIpc) is 3.17. The number of nitrogens with one attached hydrogen (secondary N) is 2. The predicted molar refractivity (Wildman–Crippen MR) is 147 cm³/mol. The molecule has 2 amide bonds. The molecule has 0 bridgehead atoms. The lowest BCUT2D eigenvalue weighted by Crippen LogP contribution is -2.47. The van der Waals surface area contributed by atoms with Gasteiger partial charge in [0.1, 0.15) is 11.9 Å². The number of alkyl halides is 3. The third-order valence-electron chi connectivity index (χ3n) is 7.64. The van der Waals surface area contributed by atoms with E-state index in [0.717, 1.165) is 31.7 Å². The first-order valence-electron chi connectivity index (χ1n) is 14.1. The van der Waals surface area contributed by atoms with Gasteiger partial charge in [0.25, 0.3) is 18.3 Å². The second-order valence-electron chi connectivity index (χ2n) is 12.1. The molecular formula is C30H38F3N3O5. The second-order valence-corrected chi connectivity index (χ2v) is 12.1. The number of carbonyl (C=O) groups excluding carboxylic acids is 3. The highest BCUT2D eigenvalue weighted by Crippen LogP contribution is 2.35. The van der Waals surface area contributed by atoms with Crippen molar-refractivity contribution in [2.24, 2.45) is 5.92 Å². The molecule has 0 saturated heterocycles. The van der Waals surface area contributed by atoms with Gasteiger partial charge in [-0.2, -0.15) is 0 Å². The van der Waals surface area contributed by atoms with E-state index >= 15 is 0 Å². The van der Waals surface area contributed by atoms with Crippen molar-refractivity contribution in [3.63, 3.8) is 0 Å². The second kappa shape index (κ2) is 12.2. The summed E-state index contributed by atoms with van der Waals surface area (Å²) in [4.78, 5) is 36.9. The summed E-state index contributed by atoms with van der Waals surface area (Å²) in [6.07, 6.45) is 1.28. The molecule has 1 aromatic carbocycles. The van der Waals surface area contributed by atoms with Gasteiger partial charge in [-0.25, -0.2) is 0 Å². The van der Waals surface area contributed by atoms with E-state index in [0.29, 0.717) is 54.3 Å². The molecular weight excluding hydrogens is 539 g/mol. The lowest BCUT2D eigenvalue weighted by molar-refractivity contribution is -0.274. The number of benzene rings is 1. The summed E-state index contributed by atoms with van der Waals surface area (Å²) in [5.74, 6) is -1.01. The minimum Gasteiger partial charge on any atom is -0.464 e. The van der Waals surface area contributed by atoms with Crippen LogP contribution >= 0.6 is 0 Å². The number of amides is 2. The Balaban J connectivity index is 1.74. The molecule has 224 valence electrons. The lowest BCUT2D eigenvalue weighted by Gasteiger charge is -2.34. The van der Waals surface area contributed by atoms with Crippen molar-refractivity contribution in [3.05, 3.63) is 41.1 Å². The molecule has 8 nitrogen and oxygen atoms in total. The molecule has 2 fully saturated rings. The molecule has 1 aromatic heterocycles. The van der Waals surface area contributed by atoms with Gasteiger partial charge in [-0.3, -0.25) is 14.4 Å². The number of carbonyl (C=O) groups is 3. The van der Waals surface area contributed by atoms with Crippen LogP contribution < -0.4 is 15.4 Å². The molecule has 2 N–H and O–H groups in total. The summed E-state index contributed by atoms with van der Waals surface area (Å²) in [5.41, 5.74) is 1.36. The van der Waals surface area contributed by atoms with Crippen LogP contribution in [-0.2, 0) is 16.1 Å². The van der Waals surface area contributed by atoms with E-state index in [-0.39, 0.29) is 23.6 Å². The Labute approximate surface area is 238 Å². The zero-order valence-electron chi connectivity index (χ0n) is 23.9. The molecule has 11 heteroatoms. The minimum atomic E-state index is -4.95. The first-order valence-corrected chi connectivity index (χ1v) is 14.1. The van der Waals surface area contributed by atoms with Gasteiger partial charge in [-0.05, 0) is 70.7 Å². The fourth-order valence-electron chi connectivity index (χ4n) is 5.60. The van der Waals surface area contributed by atoms with E-state index in [1.54, 1.807) is 26.8 Å². The normalized spacial score (nSPS) is 19.7. The molecule has 2 aromatic rings. The maximum atomic E-state index is 13.3. The molecule has 2 aliphatic rings. The van der Waals surface area contributed by atoms with E-state index in [9.17, 15) is 27.6 Å². The highest BCUT2D eigenvalue weighted by Gasteiger charge is 2.34. The van der Waals surface area contributed by atoms with E-state index in [2.05, 4.69) is 15.4 Å². The van der Waals surface area contributed by atoms with Crippen molar-refractivity contribution in [1.82, 2.24) is 15.2 Å². The summed E-state index contributed by atoms with van der Waals surface area (Å²) in [7, 11) is 0. The van der Waals surface area contributed by atoms with Gasteiger partial charge in [-0.15, -0.1) is 13.2 Å². The van der Waals surface area contributed by atoms with Crippen LogP contribution in [0, 0.1) is 12.8 Å². The molecule has 0 unspecified atom stereocenters. The molecule has 0 radical (unpaired) electrons. The molecule has 0 aliphatic heterocycles. The van der Waals surface area contributed by atoms with Gasteiger partial charge < -0.3 is 24.7 Å². The highest BCUT2D eigenvalue weighted by atomic mass is 19.4. The minimum absolute atomic E-state index is 0.0152. The summed E-state index contributed by atoms with van der Waals surface area (Å²) < 4.78 is 51.0. The number of aromatic nitrogens is 1. The Morgan fingerprint density at radius 2 is 1.71 bits per heavy atom.